The average Bonchev–Trinajstić information content (AvgIpc) is 3.06. The highest BCUT2D eigenvalue weighted by Gasteiger charge is 2.38. The molecular formula is C22H15FN4O. The Hall–Kier alpha value is -3.67. The predicted molar refractivity (Wildman–Crippen MR) is 103 cm³/mol. The maximum atomic E-state index is 14.3. The van der Waals surface area contributed by atoms with Crippen LogP contribution in [0.1, 0.15) is 22.9 Å². The average molecular weight is 370 g/mol. The number of benzene rings is 2. The van der Waals surface area contributed by atoms with Crippen LogP contribution in [-0.4, -0.2) is 21.6 Å². The summed E-state index contributed by atoms with van der Waals surface area (Å²) in [5.41, 5.74) is 3.15. The summed E-state index contributed by atoms with van der Waals surface area (Å²) in [6, 6.07) is 15.8. The zero-order chi connectivity index (χ0) is 19.1. The minimum absolute atomic E-state index is 0.0583. The van der Waals surface area contributed by atoms with Crippen molar-refractivity contribution in [3.63, 3.8) is 0 Å². The lowest BCUT2D eigenvalue weighted by molar-refractivity contribution is -0.114. The highest BCUT2D eigenvalue weighted by molar-refractivity contribution is 6.36. The van der Waals surface area contributed by atoms with Gasteiger partial charge in [-0.15, -0.1) is 0 Å². The smallest absolute Gasteiger partial charge is 0.267 e. The van der Waals surface area contributed by atoms with E-state index in [1.54, 1.807) is 36.7 Å². The summed E-state index contributed by atoms with van der Waals surface area (Å²) in [6.07, 6.45) is 5.89. The SMILES string of the molecule is O=C1C2=CC(Cc3ncccn3)c3ccccc3C2=NN1c1ccccc1F. The highest BCUT2D eigenvalue weighted by atomic mass is 19.1. The highest BCUT2D eigenvalue weighted by Crippen LogP contribution is 2.37. The molecule has 0 bridgehead atoms. The van der Waals surface area contributed by atoms with Gasteiger partial charge in [0.1, 0.15) is 23.0 Å². The lowest BCUT2D eigenvalue weighted by atomic mass is 9.81. The molecule has 1 unspecified atom stereocenters. The number of hydrazone groups is 1. The molecule has 6 heteroatoms. The van der Waals surface area contributed by atoms with E-state index in [1.807, 2.05) is 30.3 Å². The van der Waals surface area contributed by atoms with Gasteiger partial charge in [0.25, 0.3) is 5.91 Å². The van der Waals surface area contributed by atoms with Gasteiger partial charge in [-0.05, 0) is 23.8 Å². The monoisotopic (exact) mass is 370 g/mol. The maximum absolute atomic E-state index is 14.3. The molecule has 0 spiro atoms. The van der Waals surface area contributed by atoms with Crippen molar-refractivity contribution in [3.05, 3.63) is 101 Å². The summed E-state index contributed by atoms with van der Waals surface area (Å²) in [4.78, 5) is 21.7. The maximum Gasteiger partial charge on any atom is 0.280 e. The second-order valence-corrected chi connectivity index (χ2v) is 6.66. The van der Waals surface area contributed by atoms with Crippen molar-refractivity contribution in [2.75, 3.05) is 5.01 Å². The lowest BCUT2D eigenvalue weighted by Gasteiger charge is -2.22. The minimum atomic E-state index is -0.484. The van der Waals surface area contributed by atoms with Crippen LogP contribution in [-0.2, 0) is 11.2 Å². The van der Waals surface area contributed by atoms with Crippen molar-refractivity contribution in [2.45, 2.75) is 12.3 Å². The van der Waals surface area contributed by atoms with E-state index < -0.39 is 5.82 Å². The molecule has 0 fully saturated rings. The number of halogens is 1. The number of carbonyl (C=O) groups is 1. The van der Waals surface area contributed by atoms with Gasteiger partial charge >= 0.3 is 0 Å². The fourth-order valence-corrected chi connectivity index (χ4v) is 3.68. The molecule has 1 aromatic heterocycles. The number of rotatable bonds is 3. The van der Waals surface area contributed by atoms with Crippen LogP contribution in [0.3, 0.4) is 0 Å². The standard InChI is InChI=1S/C22H15FN4O/c23-18-8-3-4-9-19(18)27-22(28)17-12-14(13-20-24-10-5-11-25-20)15-6-1-2-7-16(15)21(17)26-27/h1-12,14H,13H2. The minimum Gasteiger partial charge on any atom is -0.267 e. The first-order valence-electron chi connectivity index (χ1n) is 8.97. The van der Waals surface area contributed by atoms with Gasteiger partial charge in [0.2, 0.25) is 0 Å². The van der Waals surface area contributed by atoms with Crippen LogP contribution in [0.15, 0.2) is 83.7 Å². The Morgan fingerprint density at radius 2 is 1.71 bits per heavy atom. The second kappa shape index (κ2) is 6.49. The summed E-state index contributed by atoms with van der Waals surface area (Å²) >= 11 is 0. The molecule has 0 saturated heterocycles. The quantitative estimate of drug-likeness (QED) is 0.707. The summed E-state index contributed by atoms with van der Waals surface area (Å²) in [5.74, 6) is -0.163. The molecule has 1 aliphatic carbocycles. The van der Waals surface area contributed by atoms with Gasteiger partial charge < -0.3 is 0 Å². The number of amides is 1. The first kappa shape index (κ1) is 16.5. The lowest BCUT2D eigenvalue weighted by Crippen LogP contribution is -2.24. The van der Waals surface area contributed by atoms with E-state index >= 15 is 0 Å². The van der Waals surface area contributed by atoms with E-state index in [9.17, 15) is 9.18 Å². The van der Waals surface area contributed by atoms with E-state index in [-0.39, 0.29) is 17.5 Å². The Labute approximate surface area is 160 Å². The Bertz CT molecular complexity index is 1140. The molecule has 0 N–H and O–H groups in total. The van der Waals surface area contributed by atoms with Crippen molar-refractivity contribution in [1.82, 2.24) is 9.97 Å². The molecule has 0 radical (unpaired) electrons. The summed E-state index contributed by atoms with van der Waals surface area (Å²) in [7, 11) is 0. The van der Waals surface area contributed by atoms with E-state index in [0.29, 0.717) is 23.5 Å². The van der Waals surface area contributed by atoms with Crippen LogP contribution in [0.5, 0.6) is 0 Å². The van der Waals surface area contributed by atoms with Crippen molar-refractivity contribution < 1.29 is 9.18 Å². The van der Waals surface area contributed by atoms with Gasteiger partial charge in [0.05, 0.1) is 5.57 Å². The third kappa shape index (κ3) is 2.62. The summed E-state index contributed by atoms with van der Waals surface area (Å²) in [5, 5.41) is 5.61. The molecule has 28 heavy (non-hydrogen) atoms. The number of fused-ring (bicyclic) bond motifs is 3. The van der Waals surface area contributed by atoms with Crippen LogP contribution in [0.25, 0.3) is 0 Å². The zero-order valence-corrected chi connectivity index (χ0v) is 14.8. The van der Waals surface area contributed by atoms with E-state index in [2.05, 4.69) is 15.1 Å². The van der Waals surface area contributed by atoms with E-state index in [4.69, 9.17) is 0 Å². The van der Waals surface area contributed by atoms with E-state index in [0.717, 1.165) is 16.1 Å². The molecule has 1 amide bonds. The van der Waals surface area contributed by atoms with Gasteiger partial charge in [-0.3, -0.25) is 4.79 Å². The van der Waals surface area contributed by atoms with Crippen molar-refractivity contribution >= 4 is 17.3 Å². The van der Waals surface area contributed by atoms with Crippen LogP contribution in [0.4, 0.5) is 10.1 Å². The molecule has 2 aromatic carbocycles. The van der Waals surface area contributed by atoms with Crippen LogP contribution >= 0.6 is 0 Å². The molecule has 5 rings (SSSR count). The van der Waals surface area contributed by atoms with Gasteiger partial charge in [0.15, 0.2) is 0 Å². The van der Waals surface area contributed by atoms with Crippen molar-refractivity contribution in [2.24, 2.45) is 5.10 Å². The van der Waals surface area contributed by atoms with Crippen LogP contribution in [0, 0.1) is 5.82 Å². The molecule has 2 heterocycles. The Morgan fingerprint density at radius 3 is 2.54 bits per heavy atom. The zero-order valence-electron chi connectivity index (χ0n) is 14.8. The molecule has 2 aliphatic rings. The Morgan fingerprint density at radius 1 is 0.964 bits per heavy atom. The molecule has 1 aliphatic heterocycles. The molecule has 136 valence electrons. The van der Waals surface area contributed by atoms with Crippen LogP contribution in [0.2, 0.25) is 0 Å². The van der Waals surface area contributed by atoms with Crippen molar-refractivity contribution in [3.8, 4) is 0 Å². The van der Waals surface area contributed by atoms with Gasteiger partial charge in [-0.25, -0.2) is 14.4 Å². The summed E-state index contributed by atoms with van der Waals surface area (Å²) in [6.45, 7) is 0. The largest absolute Gasteiger partial charge is 0.280 e. The van der Waals surface area contributed by atoms with Gasteiger partial charge in [-0.2, -0.15) is 10.1 Å². The number of hydrogen-bond donors (Lipinski definition) is 0. The van der Waals surface area contributed by atoms with Crippen LogP contribution < -0.4 is 5.01 Å². The normalized spacial score (nSPS) is 17.7. The molecule has 3 aromatic rings. The number of nitrogens with zero attached hydrogens (tertiary/aromatic N) is 4. The molecule has 0 saturated carbocycles. The predicted octanol–water partition coefficient (Wildman–Crippen LogP) is 3.63. The first-order valence-corrected chi connectivity index (χ1v) is 8.97. The number of anilines is 1. The number of para-hydroxylation sites is 1. The topological polar surface area (TPSA) is 58.5 Å². The van der Waals surface area contributed by atoms with Gasteiger partial charge in [0, 0.05) is 30.3 Å². The second-order valence-electron chi connectivity index (χ2n) is 6.66. The fourth-order valence-electron chi connectivity index (χ4n) is 3.68. The molecular weight excluding hydrogens is 355 g/mol. The molecule has 1 atom stereocenters. The van der Waals surface area contributed by atoms with E-state index in [1.165, 1.54) is 6.07 Å². The van der Waals surface area contributed by atoms with Crippen molar-refractivity contribution in [1.29, 1.82) is 0 Å². The Balaban J connectivity index is 1.60. The fraction of sp³-hybridized carbons (Fsp3) is 0.0909. The summed E-state index contributed by atoms with van der Waals surface area (Å²) < 4.78 is 14.3. The number of hydrogen-bond acceptors (Lipinski definition) is 4. The molecule has 5 nitrogen and oxygen atoms in total. The number of aromatic nitrogens is 2. The Kier molecular flexibility index (Phi) is 3.83. The third-order valence-corrected chi connectivity index (χ3v) is 4.96. The third-order valence-electron chi connectivity index (χ3n) is 4.96. The van der Waals surface area contributed by atoms with Gasteiger partial charge in [-0.1, -0.05) is 42.5 Å². The first-order chi connectivity index (χ1) is 13.7. The number of allylic oxidation sites excluding steroid dienone is 1. The number of carbonyl (C=O) groups excluding carboxylic acids is 1.